The smallest absolute Gasteiger partial charge is 0.375 e. The van der Waals surface area contributed by atoms with Gasteiger partial charge in [-0.1, -0.05) is 121 Å². The SMILES string of the molecule is Cc1cccc(N(C2CCCN2[C@@](C(N)=O)(C(=O)OC(N)=O)C2(c3ccccc3)Cc3ccc2cc3)C2CCCN2[C@@](C(N)=O)(C(=O)OC(N)=O)C2(c3ccccc3)Cc3ccc2cc3)c1C. The van der Waals surface area contributed by atoms with Crippen LogP contribution < -0.4 is 27.8 Å². The number of aryl methyl sites for hydroxylation is 1. The Hall–Kier alpha value is -7.36. The Kier molecular flexibility index (Phi) is 11.2. The molecule has 4 amide bonds. The molecule has 15 heteroatoms. The van der Waals surface area contributed by atoms with Crippen LogP contribution >= 0.6 is 0 Å². The summed E-state index contributed by atoms with van der Waals surface area (Å²) in [4.78, 5) is 92.4. The van der Waals surface area contributed by atoms with Crippen molar-refractivity contribution in [1.29, 1.82) is 0 Å². The van der Waals surface area contributed by atoms with E-state index in [1.165, 1.54) is 0 Å². The predicted octanol–water partition coefficient (Wildman–Crippen LogP) is 4.73. The molecule has 6 atom stereocenters. The average molecular weight is 904 g/mol. The highest BCUT2D eigenvalue weighted by Gasteiger charge is 2.72. The molecule has 5 aromatic carbocycles. The summed E-state index contributed by atoms with van der Waals surface area (Å²) in [6, 6.07) is 38.9. The first-order chi connectivity index (χ1) is 32.2. The van der Waals surface area contributed by atoms with Crippen molar-refractivity contribution in [1.82, 2.24) is 9.80 Å². The van der Waals surface area contributed by atoms with Gasteiger partial charge in [0.15, 0.2) is 0 Å². The molecule has 0 radical (unpaired) electrons. The summed E-state index contributed by atoms with van der Waals surface area (Å²) in [5.41, 5.74) is 23.0. The molecular weight excluding hydrogens is 851 g/mol. The lowest BCUT2D eigenvalue weighted by Gasteiger charge is -2.58. The Bertz CT molecular complexity index is 2630. The Labute approximate surface area is 388 Å². The first-order valence-corrected chi connectivity index (χ1v) is 22.5. The first-order valence-electron chi connectivity index (χ1n) is 22.5. The van der Waals surface area contributed by atoms with Crippen molar-refractivity contribution in [2.45, 2.75) is 86.6 Å². The third-order valence-electron chi connectivity index (χ3n) is 15.1. The number of hydrogen-bond acceptors (Lipinski definition) is 11. The molecule has 2 fully saturated rings. The van der Waals surface area contributed by atoms with E-state index in [1.807, 2.05) is 122 Å². The maximum Gasteiger partial charge on any atom is 0.412 e. The lowest BCUT2D eigenvalue weighted by Crippen LogP contribution is -2.79. The third kappa shape index (κ3) is 6.46. The monoisotopic (exact) mass is 903 g/mol. The predicted molar refractivity (Wildman–Crippen MR) is 248 cm³/mol. The molecular formula is C52H53N7O8. The summed E-state index contributed by atoms with van der Waals surface area (Å²) in [6.07, 6.45) is -2.98. The number of esters is 2. The molecule has 2 aliphatic heterocycles. The van der Waals surface area contributed by atoms with E-state index in [1.54, 1.807) is 34.1 Å². The number of fused-ring (bicyclic) bond motifs is 6. The Morgan fingerprint density at radius 3 is 1.27 bits per heavy atom. The zero-order valence-electron chi connectivity index (χ0n) is 37.4. The van der Waals surface area contributed by atoms with E-state index in [2.05, 4.69) is 0 Å². The van der Waals surface area contributed by atoms with Crippen LogP contribution in [0.3, 0.4) is 0 Å². The number of nitrogens with zero attached hydrogens (tertiary/aromatic N) is 3. The van der Waals surface area contributed by atoms with Crippen molar-refractivity contribution in [3.8, 4) is 0 Å². The molecule has 5 aromatic rings. The van der Waals surface area contributed by atoms with Crippen LogP contribution in [0.1, 0.15) is 70.2 Å². The number of carbonyl (C=O) groups is 6. The summed E-state index contributed by atoms with van der Waals surface area (Å²) in [5.74, 6) is -4.66. The van der Waals surface area contributed by atoms with Crippen LogP contribution in [0, 0.1) is 13.8 Å². The Balaban J connectivity index is 1.34. The second-order valence-corrected chi connectivity index (χ2v) is 18.1. The fourth-order valence-electron chi connectivity index (χ4n) is 12.4. The number of nitrogens with two attached hydrogens (primary N) is 4. The van der Waals surface area contributed by atoms with Gasteiger partial charge in [0.1, 0.15) is 0 Å². The van der Waals surface area contributed by atoms with E-state index >= 15 is 19.2 Å². The van der Waals surface area contributed by atoms with Gasteiger partial charge in [0, 0.05) is 18.8 Å². The van der Waals surface area contributed by atoms with Gasteiger partial charge in [0.05, 0.1) is 23.2 Å². The van der Waals surface area contributed by atoms with Gasteiger partial charge in [-0.05, 0) is 103 Å². The number of likely N-dealkylation sites (tertiary alicyclic amines) is 2. The van der Waals surface area contributed by atoms with Gasteiger partial charge in [-0.2, -0.15) is 0 Å². The fourth-order valence-corrected chi connectivity index (χ4v) is 12.4. The second-order valence-electron chi connectivity index (χ2n) is 18.1. The molecule has 0 saturated carbocycles. The minimum Gasteiger partial charge on any atom is -0.375 e. The van der Waals surface area contributed by atoms with Gasteiger partial charge in [-0.25, -0.2) is 19.2 Å². The summed E-state index contributed by atoms with van der Waals surface area (Å²) in [6.45, 7) is 4.11. The zero-order valence-corrected chi connectivity index (χ0v) is 37.4. The minimum absolute atomic E-state index is 0.102. The van der Waals surface area contributed by atoms with Crippen LogP contribution in [0.15, 0.2) is 127 Å². The lowest BCUT2D eigenvalue weighted by molar-refractivity contribution is -0.165. The Morgan fingerprint density at radius 1 is 0.537 bits per heavy atom. The third-order valence-corrected chi connectivity index (χ3v) is 15.1. The van der Waals surface area contributed by atoms with E-state index in [9.17, 15) is 9.59 Å². The molecule has 67 heavy (non-hydrogen) atoms. The molecule has 4 aliphatic carbocycles. The van der Waals surface area contributed by atoms with Gasteiger partial charge in [0.2, 0.25) is 11.1 Å². The zero-order chi connectivity index (χ0) is 47.5. The lowest BCUT2D eigenvalue weighted by atomic mass is 9.55. The molecule has 8 N–H and O–H groups in total. The summed E-state index contributed by atoms with van der Waals surface area (Å²) >= 11 is 0. The maximum atomic E-state index is 15.4. The number of primary amides is 4. The largest absolute Gasteiger partial charge is 0.412 e. The quantitative estimate of drug-likeness (QED) is 0.0932. The molecule has 2 saturated heterocycles. The maximum absolute atomic E-state index is 15.4. The molecule has 0 spiro atoms. The number of carbonyl (C=O) groups excluding carboxylic acids is 6. The van der Waals surface area contributed by atoms with E-state index in [-0.39, 0.29) is 25.9 Å². The number of ether oxygens (including phenoxy) is 2. The van der Waals surface area contributed by atoms with Crippen molar-refractivity contribution < 1.29 is 38.2 Å². The van der Waals surface area contributed by atoms with Crippen molar-refractivity contribution in [3.63, 3.8) is 0 Å². The summed E-state index contributed by atoms with van der Waals surface area (Å²) in [5, 5.41) is 0. The van der Waals surface area contributed by atoms with Crippen LogP contribution in [-0.4, -0.2) is 82.2 Å². The highest BCUT2D eigenvalue weighted by atomic mass is 16.6. The summed E-state index contributed by atoms with van der Waals surface area (Å²) < 4.78 is 10.8. The topological polar surface area (TPSA) is 235 Å². The van der Waals surface area contributed by atoms with Gasteiger partial charge in [0.25, 0.3) is 11.8 Å². The highest BCUT2D eigenvalue weighted by Crippen LogP contribution is 2.56. The standard InChI is InChI=1S/C52H53N7O8/c1-32-12-9-17-40(33(32)2)59(41-18-10-28-57(41)51(43(53)60,45(62)66-47(55)64)49(36-13-5-3-6-14-36)30-34-20-24-38(49)25-21-34)42-19-11-29-58(42)52(44(54)61,46(63)67-48(56)65)50(37-15-7-4-8-16-37)31-35-22-26-39(50)27-23-35/h3-9,12-17,20-27,41-42H,10-11,18-19,28-31H2,1-2H3,(H2,53,60)(H2,54,61)(H2,55,64)(H2,56,65)/t41?,42?,49?,50?,51-,52-/m0/s1. The van der Waals surface area contributed by atoms with Crippen molar-refractivity contribution in [2.75, 3.05) is 18.0 Å². The molecule has 15 nitrogen and oxygen atoms in total. The normalized spacial score (nSPS) is 23.7. The van der Waals surface area contributed by atoms with Crippen LogP contribution in [0.4, 0.5) is 15.3 Å². The van der Waals surface area contributed by atoms with Crippen LogP contribution in [0.2, 0.25) is 0 Å². The molecule has 2 heterocycles. The first kappa shape index (κ1) is 44.8. The highest BCUT2D eigenvalue weighted by molar-refractivity contribution is 6.13. The van der Waals surface area contributed by atoms with E-state index in [0.717, 1.165) is 22.3 Å². The number of amides is 4. The van der Waals surface area contributed by atoms with Crippen LogP contribution in [-0.2, 0) is 52.3 Å². The molecule has 6 aliphatic rings. The number of benzene rings is 5. The van der Waals surface area contributed by atoms with Crippen LogP contribution in [0.25, 0.3) is 0 Å². The van der Waals surface area contributed by atoms with Crippen molar-refractivity contribution >= 4 is 41.6 Å². The van der Waals surface area contributed by atoms with Gasteiger partial charge < -0.3 is 37.3 Å². The molecule has 344 valence electrons. The number of anilines is 1. The van der Waals surface area contributed by atoms with Crippen molar-refractivity contribution in [3.05, 3.63) is 172 Å². The van der Waals surface area contributed by atoms with Gasteiger partial charge in [-0.3, -0.25) is 19.4 Å². The number of rotatable bonds is 13. The minimum atomic E-state index is -2.46. The molecule has 4 unspecified atom stereocenters. The van der Waals surface area contributed by atoms with Crippen LogP contribution in [0.5, 0.6) is 0 Å². The molecule has 11 rings (SSSR count). The van der Waals surface area contributed by atoms with Gasteiger partial charge >= 0.3 is 24.1 Å². The average Bonchev–Trinajstić information content (AvgIpc) is 4.00. The van der Waals surface area contributed by atoms with E-state index < -0.39 is 70.2 Å². The summed E-state index contributed by atoms with van der Waals surface area (Å²) in [7, 11) is 0. The Morgan fingerprint density at radius 2 is 0.925 bits per heavy atom. The molecule has 4 bridgehead atoms. The fraction of sp³-hybridized carbons (Fsp3) is 0.308. The van der Waals surface area contributed by atoms with Gasteiger partial charge in [-0.15, -0.1) is 0 Å². The van der Waals surface area contributed by atoms with E-state index in [0.29, 0.717) is 53.6 Å². The second kappa shape index (κ2) is 16.8. The molecule has 0 aromatic heterocycles. The number of hydrogen-bond donors (Lipinski definition) is 4. The van der Waals surface area contributed by atoms with E-state index in [4.69, 9.17) is 32.4 Å². The van der Waals surface area contributed by atoms with Crippen molar-refractivity contribution in [2.24, 2.45) is 22.9 Å².